The summed E-state index contributed by atoms with van der Waals surface area (Å²) in [6.07, 6.45) is 6.75. The SMILES string of the molecule is CC(C)c1cnnc(Nc2ccc3ncc(/C(C=N)=C/NCCN4CCOCC4)cc3n2)c1. The van der Waals surface area contributed by atoms with E-state index in [2.05, 4.69) is 44.6 Å². The number of pyridine rings is 2. The number of nitrogens with one attached hydrogen (secondary N) is 3. The minimum atomic E-state index is 0.367. The summed E-state index contributed by atoms with van der Waals surface area (Å²) in [5.74, 6) is 1.69. The van der Waals surface area contributed by atoms with Gasteiger partial charge < -0.3 is 20.8 Å². The van der Waals surface area contributed by atoms with Gasteiger partial charge in [0.25, 0.3) is 0 Å². The molecule has 1 aliphatic heterocycles. The fraction of sp³-hybridized carbons (Fsp3) is 0.375. The summed E-state index contributed by atoms with van der Waals surface area (Å²) in [6, 6.07) is 7.72. The van der Waals surface area contributed by atoms with E-state index in [4.69, 9.17) is 15.1 Å². The zero-order chi connectivity index (χ0) is 23.0. The van der Waals surface area contributed by atoms with Gasteiger partial charge >= 0.3 is 0 Å². The Morgan fingerprint density at radius 2 is 2.00 bits per heavy atom. The van der Waals surface area contributed by atoms with E-state index in [1.807, 2.05) is 30.5 Å². The van der Waals surface area contributed by atoms with Crippen LogP contribution >= 0.6 is 0 Å². The van der Waals surface area contributed by atoms with E-state index in [9.17, 15) is 0 Å². The van der Waals surface area contributed by atoms with Gasteiger partial charge in [-0.1, -0.05) is 13.8 Å². The number of morpholine rings is 1. The maximum atomic E-state index is 7.85. The highest BCUT2D eigenvalue weighted by atomic mass is 16.5. The van der Waals surface area contributed by atoms with Crippen molar-refractivity contribution in [2.45, 2.75) is 19.8 Å². The second-order valence-corrected chi connectivity index (χ2v) is 8.26. The number of anilines is 2. The molecule has 0 spiro atoms. The Morgan fingerprint density at radius 3 is 2.79 bits per heavy atom. The van der Waals surface area contributed by atoms with Crippen LogP contribution < -0.4 is 10.6 Å². The molecule has 0 atom stereocenters. The Kier molecular flexibility index (Phi) is 7.54. The van der Waals surface area contributed by atoms with Gasteiger partial charge in [0.05, 0.1) is 30.4 Å². The third-order valence-corrected chi connectivity index (χ3v) is 5.56. The second-order valence-electron chi connectivity index (χ2n) is 8.26. The molecule has 9 nitrogen and oxygen atoms in total. The fourth-order valence-electron chi connectivity index (χ4n) is 3.56. The number of ether oxygens (including phenoxy) is 1. The fourth-order valence-corrected chi connectivity index (χ4v) is 3.56. The van der Waals surface area contributed by atoms with E-state index < -0.39 is 0 Å². The second kappa shape index (κ2) is 10.9. The van der Waals surface area contributed by atoms with Crippen LogP contribution in [0.2, 0.25) is 0 Å². The Morgan fingerprint density at radius 1 is 1.15 bits per heavy atom. The first kappa shape index (κ1) is 22.8. The monoisotopic (exact) mass is 446 g/mol. The third kappa shape index (κ3) is 6.09. The summed E-state index contributed by atoms with van der Waals surface area (Å²) in [5, 5.41) is 22.6. The molecule has 4 heterocycles. The lowest BCUT2D eigenvalue weighted by Crippen LogP contribution is -2.39. The molecular formula is C24H30N8O. The first-order valence-electron chi connectivity index (χ1n) is 11.2. The minimum Gasteiger partial charge on any atom is -0.389 e. The summed E-state index contributed by atoms with van der Waals surface area (Å²) < 4.78 is 5.38. The van der Waals surface area contributed by atoms with E-state index in [0.29, 0.717) is 17.6 Å². The maximum absolute atomic E-state index is 7.85. The third-order valence-electron chi connectivity index (χ3n) is 5.56. The quantitative estimate of drug-likeness (QED) is 0.339. The smallest absolute Gasteiger partial charge is 0.154 e. The van der Waals surface area contributed by atoms with Crippen molar-refractivity contribution in [3.63, 3.8) is 0 Å². The van der Waals surface area contributed by atoms with Gasteiger partial charge in [0.15, 0.2) is 5.82 Å². The average molecular weight is 447 g/mol. The van der Waals surface area contributed by atoms with Crippen LogP contribution in [0, 0.1) is 5.41 Å². The molecule has 172 valence electrons. The molecule has 1 fully saturated rings. The van der Waals surface area contributed by atoms with Crippen LogP contribution in [0.25, 0.3) is 16.6 Å². The number of allylic oxidation sites excluding steroid dienone is 1. The molecular weight excluding hydrogens is 416 g/mol. The Labute approximate surface area is 193 Å². The van der Waals surface area contributed by atoms with E-state index in [-0.39, 0.29) is 0 Å². The highest BCUT2D eigenvalue weighted by Crippen LogP contribution is 2.21. The first-order chi connectivity index (χ1) is 16.1. The lowest BCUT2D eigenvalue weighted by atomic mass is 10.1. The predicted molar refractivity (Wildman–Crippen MR) is 131 cm³/mol. The Balaban J connectivity index is 1.46. The lowest BCUT2D eigenvalue weighted by Gasteiger charge is -2.26. The number of fused-ring (bicyclic) bond motifs is 1. The van der Waals surface area contributed by atoms with Crippen LogP contribution in [0.4, 0.5) is 11.6 Å². The van der Waals surface area contributed by atoms with E-state index >= 15 is 0 Å². The van der Waals surface area contributed by atoms with Crippen molar-refractivity contribution < 1.29 is 4.74 Å². The molecule has 0 saturated carbocycles. The van der Waals surface area contributed by atoms with E-state index in [1.165, 1.54) is 6.21 Å². The minimum absolute atomic E-state index is 0.367. The van der Waals surface area contributed by atoms with Gasteiger partial charge in [-0.3, -0.25) is 9.88 Å². The molecule has 0 aliphatic carbocycles. The number of aromatic nitrogens is 4. The number of hydrogen-bond donors (Lipinski definition) is 3. The largest absolute Gasteiger partial charge is 0.389 e. The van der Waals surface area contributed by atoms with Crippen molar-refractivity contribution in [3.05, 3.63) is 54.0 Å². The summed E-state index contributed by atoms with van der Waals surface area (Å²) in [6.45, 7) is 9.51. The van der Waals surface area contributed by atoms with Crippen molar-refractivity contribution in [3.8, 4) is 0 Å². The van der Waals surface area contributed by atoms with Crippen LogP contribution in [-0.2, 0) is 4.74 Å². The van der Waals surface area contributed by atoms with Gasteiger partial charge in [-0.25, -0.2) is 4.98 Å². The topological polar surface area (TPSA) is 112 Å². The Bertz CT molecular complexity index is 1120. The Hall–Kier alpha value is -3.43. The zero-order valence-corrected chi connectivity index (χ0v) is 19.1. The van der Waals surface area contributed by atoms with Gasteiger partial charge in [-0.15, -0.1) is 5.10 Å². The van der Waals surface area contributed by atoms with Crippen molar-refractivity contribution >= 4 is 34.5 Å². The van der Waals surface area contributed by atoms with Crippen LogP contribution in [0.5, 0.6) is 0 Å². The molecule has 3 aromatic rings. The molecule has 0 amide bonds. The molecule has 3 N–H and O–H groups in total. The summed E-state index contributed by atoms with van der Waals surface area (Å²) in [5.41, 5.74) is 4.23. The molecule has 0 bridgehead atoms. The molecule has 1 saturated heterocycles. The number of rotatable bonds is 9. The summed E-state index contributed by atoms with van der Waals surface area (Å²) >= 11 is 0. The lowest BCUT2D eigenvalue weighted by molar-refractivity contribution is 0.0388. The van der Waals surface area contributed by atoms with E-state index in [1.54, 1.807) is 12.4 Å². The van der Waals surface area contributed by atoms with Crippen LogP contribution in [-0.4, -0.2) is 70.7 Å². The van der Waals surface area contributed by atoms with Crippen molar-refractivity contribution in [2.75, 3.05) is 44.7 Å². The predicted octanol–water partition coefficient (Wildman–Crippen LogP) is 3.20. The van der Waals surface area contributed by atoms with Gasteiger partial charge in [-0.05, 0) is 35.7 Å². The molecule has 3 aromatic heterocycles. The van der Waals surface area contributed by atoms with Gasteiger partial charge in [0.1, 0.15) is 5.82 Å². The first-order valence-corrected chi connectivity index (χ1v) is 11.2. The molecule has 0 radical (unpaired) electrons. The average Bonchev–Trinajstić information content (AvgIpc) is 2.84. The van der Waals surface area contributed by atoms with Crippen molar-refractivity contribution in [2.24, 2.45) is 0 Å². The highest BCUT2D eigenvalue weighted by molar-refractivity contribution is 6.08. The molecule has 9 heteroatoms. The molecule has 1 aliphatic rings. The molecule has 0 unspecified atom stereocenters. The molecule has 33 heavy (non-hydrogen) atoms. The zero-order valence-electron chi connectivity index (χ0n) is 19.1. The van der Waals surface area contributed by atoms with Crippen molar-refractivity contribution in [1.29, 1.82) is 5.41 Å². The van der Waals surface area contributed by atoms with Crippen molar-refractivity contribution in [1.82, 2.24) is 30.4 Å². The number of nitrogens with zero attached hydrogens (tertiary/aromatic N) is 5. The van der Waals surface area contributed by atoms with Crippen LogP contribution in [0.3, 0.4) is 0 Å². The van der Waals surface area contributed by atoms with Crippen LogP contribution in [0.15, 0.2) is 42.9 Å². The summed E-state index contributed by atoms with van der Waals surface area (Å²) in [7, 11) is 0. The maximum Gasteiger partial charge on any atom is 0.154 e. The van der Waals surface area contributed by atoms with Gasteiger partial charge in [0.2, 0.25) is 0 Å². The normalized spacial score (nSPS) is 15.1. The number of hydrogen-bond acceptors (Lipinski definition) is 9. The molecule has 0 aromatic carbocycles. The van der Waals surface area contributed by atoms with Gasteiger partial charge in [-0.2, -0.15) is 5.10 Å². The standard InChI is InChI=1S/C24H30N8O/c1-17(2)18-12-24(31-28-16-18)30-23-4-3-21-22(29-23)11-19(15-27-21)20(13-25)14-26-5-6-32-7-9-33-10-8-32/h3-4,11-17,25-26H,5-10H2,1-2H3,(H,29,30,31)/b20-14+,25-13?. The van der Waals surface area contributed by atoms with Crippen LogP contribution in [0.1, 0.15) is 30.9 Å². The highest BCUT2D eigenvalue weighted by Gasteiger charge is 2.09. The van der Waals surface area contributed by atoms with Gasteiger partial charge in [0, 0.05) is 55.9 Å². The molecule has 4 rings (SSSR count). The van der Waals surface area contributed by atoms with E-state index in [0.717, 1.165) is 67.1 Å². The summed E-state index contributed by atoms with van der Waals surface area (Å²) in [4.78, 5) is 11.6.